The van der Waals surface area contributed by atoms with Gasteiger partial charge in [0.15, 0.2) is 0 Å². The van der Waals surface area contributed by atoms with Crippen molar-refractivity contribution in [1.82, 2.24) is 4.98 Å². The van der Waals surface area contributed by atoms with Crippen molar-refractivity contribution in [3.63, 3.8) is 0 Å². The molecule has 3 aromatic rings. The minimum absolute atomic E-state index is 0.0992. The summed E-state index contributed by atoms with van der Waals surface area (Å²) in [7, 11) is 0. The molecule has 0 saturated carbocycles. The van der Waals surface area contributed by atoms with Crippen LogP contribution in [0.1, 0.15) is 24.3 Å². The van der Waals surface area contributed by atoms with Crippen molar-refractivity contribution in [1.29, 1.82) is 0 Å². The second-order valence-corrected chi connectivity index (χ2v) is 6.95. The number of thiophene rings is 1. The molecule has 23 heavy (non-hydrogen) atoms. The molecule has 0 aliphatic heterocycles. The van der Waals surface area contributed by atoms with Gasteiger partial charge in [0.25, 0.3) is 0 Å². The summed E-state index contributed by atoms with van der Waals surface area (Å²) in [4.78, 5) is 17.7. The van der Waals surface area contributed by atoms with Gasteiger partial charge in [0.2, 0.25) is 5.91 Å². The zero-order chi connectivity index (χ0) is 16.2. The van der Waals surface area contributed by atoms with Crippen LogP contribution in [0.4, 0.5) is 5.69 Å². The topological polar surface area (TPSA) is 62.2 Å². The third kappa shape index (κ3) is 4.04. The average molecular weight is 344 g/mol. The Balaban J connectivity index is 1.61. The van der Waals surface area contributed by atoms with E-state index < -0.39 is 6.10 Å². The molecular weight excluding hydrogens is 328 g/mol. The Morgan fingerprint density at radius 3 is 2.70 bits per heavy atom. The molecule has 0 aliphatic carbocycles. The molecule has 1 aromatic carbocycles. The molecule has 0 aliphatic rings. The number of rotatable bonds is 5. The highest BCUT2D eigenvalue weighted by atomic mass is 32.1. The Morgan fingerprint density at radius 1 is 1.26 bits per heavy atom. The number of benzene rings is 1. The van der Waals surface area contributed by atoms with Crippen LogP contribution in [0.5, 0.6) is 0 Å². The number of carbonyl (C=O) groups excluding carboxylic acids is 1. The van der Waals surface area contributed by atoms with Crippen molar-refractivity contribution in [3.8, 4) is 9.88 Å². The molecule has 118 valence electrons. The first-order valence-electron chi connectivity index (χ1n) is 7.18. The highest BCUT2D eigenvalue weighted by Crippen LogP contribution is 2.28. The molecule has 1 atom stereocenters. The summed E-state index contributed by atoms with van der Waals surface area (Å²) in [5, 5.41) is 17.2. The lowest BCUT2D eigenvalue weighted by Gasteiger charge is -2.07. The van der Waals surface area contributed by atoms with Crippen LogP contribution in [0.15, 0.2) is 47.2 Å². The van der Waals surface area contributed by atoms with Crippen LogP contribution in [0.3, 0.4) is 0 Å². The van der Waals surface area contributed by atoms with Gasteiger partial charge in [-0.05, 0) is 36.1 Å². The van der Waals surface area contributed by atoms with Gasteiger partial charge in [0, 0.05) is 11.1 Å². The third-order valence-corrected chi connectivity index (χ3v) is 5.23. The first-order valence-corrected chi connectivity index (χ1v) is 8.94. The number of amides is 1. The number of aliphatic hydroxyl groups excluding tert-OH is 1. The molecule has 2 N–H and O–H groups in total. The van der Waals surface area contributed by atoms with Crippen LogP contribution in [-0.2, 0) is 11.2 Å². The van der Waals surface area contributed by atoms with E-state index in [1.165, 1.54) is 0 Å². The lowest BCUT2D eigenvalue weighted by molar-refractivity contribution is -0.115. The normalized spacial score (nSPS) is 12.1. The number of hydrogen-bond donors (Lipinski definition) is 2. The Morgan fingerprint density at radius 2 is 2.04 bits per heavy atom. The first kappa shape index (κ1) is 15.9. The van der Waals surface area contributed by atoms with Crippen molar-refractivity contribution >= 4 is 34.3 Å². The quantitative estimate of drug-likeness (QED) is 0.732. The van der Waals surface area contributed by atoms with E-state index in [4.69, 9.17) is 0 Å². The standard InChI is InChI=1S/C17H16N2O2S2/c1-11(20)12-4-6-13(7-5-12)18-16(21)9-14-10-23-17(19-14)15-3-2-8-22-15/h2-8,10-11,20H,9H2,1H3,(H,18,21)/t11-/m0/s1. The Hall–Kier alpha value is -2.02. The highest BCUT2D eigenvalue weighted by Gasteiger charge is 2.10. The van der Waals surface area contributed by atoms with Crippen LogP contribution in [-0.4, -0.2) is 16.0 Å². The van der Waals surface area contributed by atoms with Gasteiger partial charge in [-0.1, -0.05) is 18.2 Å². The monoisotopic (exact) mass is 344 g/mol. The average Bonchev–Trinajstić information content (AvgIpc) is 3.18. The maximum absolute atomic E-state index is 12.1. The number of aromatic nitrogens is 1. The maximum atomic E-state index is 12.1. The van der Waals surface area contributed by atoms with E-state index in [1.807, 2.05) is 22.9 Å². The van der Waals surface area contributed by atoms with Crippen molar-refractivity contribution in [3.05, 3.63) is 58.4 Å². The van der Waals surface area contributed by atoms with E-state index in [1.54, 1.807) is 53.9 Å². The highest BCUT2D eigenvalue weighted by molar-refractivity contribution is 7.20. The summed E-state index contributed by atoms with van der Waals surface area (Å²) < 4.78 is 0. The summed E-state index contributed by atoms with van der Waals surface area (Å²) in [6.45, 7) is 1.71. The number of carbonyl (C=O) groups is 1. The lowest BCUT2D eigenvalue weighted by atomic mass is 10.1. The van der Waals surface area contributed by atoms with Crippen molar-refractivity contribution in [2.24, 2.45) is 0 Å². The van der Waals surface area contributed by atoms with Crippen LogP contribution in [0.25, 0.3) is 9.88 Å². The smallest absolute Gasteiger partial charge is 0.230 e. The van der Waals surface area contributed by atoms with Crippen molar-refractivity contribution in [2.75, 3.05) is 5.32 Å². The van der Waals surface area contributed by atoms with Crippen LogP contribution in [0.2, 0.25) is 0 Å². The SMILES string of the molecule is C[C@H](O)c1ccc(NC(=O)Cc2csc(-c3cccs3)n2)cc1. The predicted octanol–water partition coefficient (Wildman–Crippen LogP) is 4.11. The Labute approximate surface area is 142 Å². The molecule has 1 amide bonds. The summed E-state index contributed by atoms with van der Waals surface area (Å²) in [6.07, 6.45) is -0.259. The van der Waals surface area contributed by atoms with Gasteiger partial charge in [-0.15, -0.1) is 22.7 Å². The number of aliphatic hydroxyl groups is 1. The van der Waals surface area contributed by atoms with Gasteiger partial charge in [0.1, 0.15) is 5.01 Å². The number of hydrogen-bond acceptors (Lipinski definition) is 5. The van der Waals surface area contributed by atoms with E-state index in [2.05, 4.69) is 10.3 Å². The fourth-order valence-electron chi connectivity index (χ4n) is 2.12. The second kappa shape index (κ2) is 7.04. The molecule has 4 nitrogen and oxygen atoms in total. The number of anilines is 1. The molecule has 2 heterocycles. The molecule has 0 fully saturated rings. The van der Waals surface area contributed by atoms with E-state index in [0.29, 0.717) is 5.69 Å². The molecule has 0 unspecified atom stereocenters. The van der Waals surface area contributed by atoms with Gasteiger partial charge >= 0.3 is 0 Å². The molecule has 0 spiro atoms. The summed E-state index contributed by atoms with van der Waals surface area (Å²) in [5.74, 6) is -0.0992. The molecular formula is C17H16N2O2S2. The zero-order valence-electron chi connectivity index (χ0n) is 12.5. The Bertz CT molecular complexity index is 777. The first-order chi connectivity index (χ1) is 11.1. The third-order valence-electron chi connectivity index (χ3n) is 3.30. The van der Waals surface area contributed by atoms with Gasteiger partial charge in [-0.2, -0.15) is 0 Å². The van der Waals surface area contributed by atoms with E-state index >= 15 is 0 Å². The number of thiazole rings is 1. The fraction of sp³-hybridized carbons (Fsp3) is 0.176. The molecule has 0 saturated heterocycles. The van der Waals surface area contributed by atoms with Crippen LogP contribution < -0.4 is 5.32 Å². The number of nitrogens with zero attached hydrogens (tertiary/aromatic N) is 1. The van der Waals surface area contributed by atoms with Crippen LogP contribution >= 0.6 is 22.7 Å². The summed E-state index contributed by atoms with van der Waals surface area (Å²) in [6, 6.07) is 11.2. The molecule has 6 heteroatoms. The van der Waals surface area contributed by atoms with Gasteiger partial charge in [-0.25, -0.2) is 4.98 Å². The molecule has 2 aromatic heterocycles. The summed E-state index contributed by atoms with van der Waals surface area (Å²) >= 11 is 3.19. The largest absolute Gasteiger partial charge is 0.389 e. The van der Waals surface area contributed by atoms with E-state index in [-0.39, 0.29) is 12.3 Å². The second-order valence-electron chi connectivity index (χ2n) is 5.14. The van der Waals surface area contributed by atoms with Crippen molar-refractivity contribution in [2.45, 2.75) is 19.4 Å². The minimum Gasteiger partial charge on any atom is -0.389 e. The predicted molar refractivity (Wildman–Crippen MR) is 94.8 cm³/mol. The zero-order valence-corrected chi connectivity index (χ0v) is 14.2. The fourth-order valence-corrected chi connectivity index (χ4v) is 3.75. The number of nitrogens with one attached hydrogen (secondary N) is 1. The maximum Gasteiger partial charge on any atom is 0.230 e. The van der Waals surface area contributed by atoms with E-state index in [0.717, 1.165) is 21.1 Å². The van der Waals surface area contributed by atoms with Gasteiger partial charge < -0.3 is 10.4 Å². The van der Waals surface area contributed by atoms with Crippen molar-refractivity contribution < 1.29 is 9.90 Å². The summed E-state index contributed by atoms with van der Waals surface area (Å²) in [5.41, 5.74) is 2.31. The molecule has 0 bridgehead atoms. The Kier molecular flexibility index (Phi) is 4.85. The van der Waals surface area contributed by atoms with Crippen LogP contribution in [0, 0.1) is 0 Å². The molecule has 0 radical (unpaired) electrons. The van der Waals surface area contributed by atoms with Gasteiger partial charge in [-0.3, -0.25) is 4.79 Å². The minimum atomic E-state index is -0.509. The lowest BCUT2D eigenvalue weighted by Crippen LogP contribution is -2.14. The van der Waals surface area contributed by atoms with Gasteiger partial charge in [0.05, 0.1) is 23.1 Å². The van der Waals surface area contributed by atoms with E-state index in [9.17, 15) is 9.90 Å². The molecule has 3 rings (SSSR count).